The van der Waals surface area contributed by atoms with Crippen LogP contribution in [0.3, 0.4) is 0 Å². The number of benzene rings is 1. The lowest BCUT2D eigenvalue weighted by Gasteiger charge is -1.95. The van der Waals surface area contributed by atoms with Gasteiger partial charge in [-0.3, -0.25) is 0 Å². The Morgan fingerprint density at radius 1 is 1.33 bits per heavy atom. The van der Waals surface area contributed by atoms with Crippen LogP contribution in [0.15, 0.2) is 42.1 Å². The third-order valence-electron chi connectivity index (χ3n) is 2.16. The molecule has 0 saturated heterocycles. The molecule has 0 unspecified atom stereocenters. The van der Waals surface area contributed by atoms with Gasteiger partial charge in [-0.2, -0.15) is 5.26 Å². The van der Waals surface area contributed by atoms with E-state index in [0.29, 0.717) is 6.42 Å². The molecule has 76 valence electrons. The van der Waals surface area contributed by atoms with Gasteiger partial charge in [0.15, 0.2) is 0 Å². The minimum Gasteiger partial charge on any atom is -0.198 e. The van der Waals surface area contributed by atoms with E-state index in [1.165, 1.54) is 5.56 Å². The van der Waals surface area contributed by atoms with E-state index < -0.39 is 0 Å². The monoisotopic (exact) mass is 197 g/mol. The van der Waals surface area contributed by atoms with Gasteiger partial charge >= 0.3 is 0 Å². The van der Waals surface area contributed by atoms with Crippen molar-refractivity contribution in [2.24, 2.45) is 0 Å². The summed E-state index contributed by atoms with van der Waals surface area (Å²) in [5.41, 5.74) is 5.59. The number of hydrogen-bond donors (Lipinski definition) is 0. The molecule has 1 aromatic carbocycles. The maximum atomic E-state index is 8.36. The van der Waals surface area contributed by atoms with Crippen LogP contribution in [0.2, 0.25) is 0 Å². The molecule has 1 rings (SSSR count). The van der Waals surface area contributed by atoms with Crippen LogP contribution in [-0.2, 0) is 0 Å². The summed E-state index contributed by atoms with van der Waals surface area (Å²) in [7, 11) is 0. The molecular weight excluding hydrogens is 182 g/mol. The fourth-order valence-electron chi connectivity index (χ4n) is 1.28. The third kappa shape index (κ3) is 4.31. The highest BCUT2D eigenvalue weighted by atomic mass is 14.2. The van der Waals surface area contributed by atoms with E-state index in [1.807, 2.05) is 24.3 Å². The Balaban J connectivity index is 2.57. The summed E-state index contributed by atoms with van der Waals surface area (Å²) in [6, 6.07) is 12.3. The average Bonchev–Trinajstić information content (AvgIpc) is 2.30. The van der Waals surface area contributed by atoms with Crippen molar-refractivity contribution >= 4 is 5.57 Å². The molecule has 0 atom stereocenters. The molecule has 0 N–H and O–H groups in total. The zero-order valence-corrected chi connectivity index (χ0v) is 9.03. The molecule has 0 bridgehead atoms. The maximum absolute atomic E-state index is 8.36. The Morgan fingerprint density at radius 2 is 2.07 bits per heavy atom. The Kier molecular flexibility index (Phi) is 5.01. The summed E-state index contributed by atoms with van der Waals surface area (Å²) in [4.78, 5) is 0. The standard InChI is InChI=1S/C14H15N/c1-13(9-5-2-3-8-12-15)14-10-6-4-7-11-14/h4-7,10-11H,2-3,8H2,1H3. The fraction of sp³-hybridized carbons (Fsp3) is 0.286. The van der Waals surface area contributed by atoms with Gasteiger partial charge in [-0.25, -0.2) is 0 Å². The van der Waals surface area contributed by atoms with E-state index in [0.717, 1.165) is 18.4 Å². The van der Waals surface area contributed by atoms with E-state index >= 15 is 0 Å². The molecule has 0 heterocycles. The van der Waals surface area contributed by atoms with Gasteiger partial charge in [0.25, 0.3) is 0 Å². The molecule has 0 aliphatic heterocycles. The van der Waals surface area contributed by atoms with Crippen molar-refractivity contribution < 1.29 is 0 Å². The van der Waals surface area contributed by atoms with Gasteiger partial charge < -0.3 is 0 Å². The summed E-state index contributed by atoms with van der Waals surface area (Å²) >= 11 is 0. The summed E-state index contributed by atoms with van der Waals surface area (Å²) < 4.78 is 0. The third-order valence-corrected chi connectivity index (χ3v) is 2.16. The number of hydrogen-bond acceptors (Lipinski definition) is 1. The van der Waals surface area contributed by atoms with Crippen molar-refractivity contribution in [2.75, 3.05) is 0 Å². The quantitative estimate of drug-likeness (QED) is 0.529. The van der Waals surface area contributed by atoms with Crippen LogP contribution in [0, 0.1) is 11.3 Å². The maximum Gasteiger partial charge on any atom is 0.0621 e. The molecule has 0 fully saturated rings. The molecule has 1 aromatic rings. The van der Waals surface area contributed by atoms with Gasteiger partial charge in [0.05, 0.1) is 6.07 Å². The first-order valence-electron chi connectivity index (χ1n) is 5.18. The molecule has 0 amide bonds. The lowest BCUT2D eigenvalue weighted by atomic mass is 10.1. The van der Waals surface area contributed by atoms with Crippen LogP contribution >= 0.6 is 0 Å². The lowest BCUT2D eigenvalue weighted by Crippen LogP contribution is -1.75. The molecule has 0 aromatic heterocycles. The van der Waals surface area contributed by atoms with Crippen molar-refractivity contribution in [1.82, 2.24) is 0 Å². The van der Waals surface area contributed by atoms with E-state index in [4.69, 9.17) is 5.26 Å². The largest absolute Gasteiger partial charge is 0.198 e. The number of nitriles is 1. The van der Waals surface area contributed by atoms with Crippen molar-refractivity contribution in [3.63, 3.8) is 0 Å². The predicted molar refractivity (Wildman–Crippen MR) is 63.1 cm³/mol. The second-order valence-corrected chi connectivity index (χ2v) is 3.39. The zero-order valence-electron chi connectivity index (χ0n) is 9.03. The molecule has 0 aliphatic carbocycles. The van der Waals surface area contributed by atoms with Crippen molar-refractivity contribution in [3.8, 4) is 6.07 Å². The zero-order chi connectivity index (χ0) is 10.9. The van der Waals surface area contributed by atoms with Gasteiger partial charge in [0, 0.05) is 6.42 Å². The minimum absolute atomic E-state index is 0.628. The summed E-state index contributed by atoms with van der Waals surface area (Å²) in [5, 5.41) is 8.36. The smallest absolute Gasteiger partial charge is 0.0621 e. The Bertz CT molecular complexity index is 389. The van der Waals surface area contributed by atoms with Crippen LogP contribution in [0.25, 0.3) is 5.57 Å². The molecular formula is C14H15N. The molecule has 1 nitrogen and oxygen atoms in total. The second-order valence-electron chi connectivity index (χ2n) is 3.39. The molecule has 15 heavy (non-hydrogen) atoms. The highest BCUT2D eigenvalue weighted by Crippen LogP contribution is 2.11. The molecule has 1 heteroatoms. The lowest BCUT2D eigenvalue weighted by molar-refractivity contribution is 0.877. The van der Waals surface area contributed by atoms with E-state index in [1.54, 1.807) is 0 Å². The van der Waals surface area contributed by atoms with Crippen molar-refractivity contribution in [2.45, 2.75) is 26.2 Å². The number of rotatable bonds is 4. The summed E-state index contributed by atoms with van der Waals surface area (Å²) in [5.74, 6) is 0. The Hall–Kier alpha value is -1.77. The Labute approximate surface area is 91.4 Å². The van der Waals surface area contributed by atoms with Crippen LogP contribution in [0.1, 0.15) is 31.7 Å². The van der Waals surface area contributed by atoms with Crippen LogP contribution in [0.4, 0.5) is 0 Å². The van der Waals surface area contributed by atoms with Gasteiger partial charge in [-0.15, -0.1) is 5.73 Å². The topological polar surface area (TPSA) is 23.8 Å². The van der Waals surface area contributed by atoms with E-state index in [-0.39, 0.29) is 0 Å². The van der Waals surface area contributed by atoms with Crippen molar-refractivity contribution in [3.05, 3.63) is 47.7 Å². The summed E-state index contributed by atoms with van der Waals surface area (Å²) in [6.45, 7) is 2.05. The highest BCUT2D eigenvalue weighted by molar-refractivity contribution is 5.62. The van der Waals surface area contributed by atoms with Crippen LogP contribution in [0.5, 0.6) is 0 Å². The number of allylic oxidation sites excluding steroid dienone is 1. The fourth-order valence-corrected chi connectivity index (χ4v) is 1.28. The number of unbranched alkanes of at least 4 members (excludes halogenated alkanes) is 2. The normalized spacial score (nSPS) is 8.80. The first-order valence-corrected chi connectivity index (χ1v) is 5.18. The number of nitrogens with zero attached hydrogens (tertiary/aromatic N) is 1. The second kappa shape index (κ2) is 6.65. The minimum atomic E-state index is 0.628. The van der Waals surface area contributed by atoms with Crippen LogP contribution in [-0.4, -0.2) is 0 Å². The molecule has 0 saturated carbocycles. The summed E-state index contributed by atoms with van der Waals surface area (Å²) in [6.07, 6.45) is 4.49. The SMILES string of the molecule is CC(=C=CCCCC#N)c1ccccc1. The van der Waals surface area contributed by atoms with Gasteiger partial charge in [-0.1, -0.05) is 30.3 Å². The average molecular weight is 197 g/mol. The first-order chi connectivity index (χ1) is 7.34. The van der Waals surface area contributed by atoms with Gasteiger partial charge in [0.1, 0.15) is 0 Å². The van der Waals surface area contributed by atoms with Crippen LogP contribution < -0.4 is 0 Å². The van der Waals surface area contributed by atoms with Gasteiger partial charge in [0.2, 0.25) is 0 Å². The predicted octanol–water partition coefficient (Wildman–Crippen LogP) is 3.94. The van der Waals surface area contributed by atoms with Crippen molar-refractivity contribution in [1.29, 1.82) is 5.26 Å². The van der Waals surface area contributed by atoms with Gasteiger partial charge in [-0.05, 0) is 37.0 Å². The first kappa shape index (κ1) is 11.3. The molecule has 0 aliphatic rings. The van der Waals surface area contributed by atoms with E-state index in [9.17, 15) is 0 Å². The molecule has 0 spiro atoms. The molecule has 0 radical (unpaired) electrons. The highest BCUT2D eigenvalue weighted by Gasteiger charge is 1.90. The van der Waals surface area contributed by atoms with E-state index in [2.05, 4.69) is 30.9 Å². The Morgan fingerprint density at radius 3 is 2.73 bits per heavy atom.